The molecule has 15 heavy (non-hydrogen) atoms. The predicted molar refractivity (Wildman–Crippen MR) is 55.5 cm³/mol. The average molecular weight is 248 g/mol. The van der Waals surface area contributed by atoms with Gasteiger partial charge in [0.1, 0.15) is 4.90 Å². The molecule has 0 aliphatic heterocycles. The molecule has 1 aromatic rings. The van der Waals surface area contributed by atoms with Gasteiger partial charge in [0.15, 0.2) is 0 Å². The van der Waals surface area contributed by atoms with Crippen LogP contribution in [0.4, 0.5) is 0 Å². The van der Waals surface area contributed by atoms with Crippen molar-refractivity contribution in [3.8, 4) is 5.88 Å². The molecule has 2 rings (SSSR count). The van der Waals surface area contributed by atoms with Crippen molar-refractivity contribution in [2.45, 2.75) is 17.7 Å². The topological polar surface area (TPSA) is 56.3 Å². The summed E-state index contributed by atoms with van der Waals surface area (Å²) in [5, 5.41) is 0. The molecule has 4 nitrogen and oxygen atoms in total. The van der Waals surface area contributed by atoms with Crippen molar-refractivity contribution in [3.05, 3.63) is 18.3 Å². The standard InChI is InChI=1S/C9H10ClNO3S/c10-15(12,13)8-3-4-9(11-5-8)14-6-7-1-2-7/h3-5,7H,1-2,6H2. The van der Waals surface area contributed by atoms with Crippen molar-refractivity contribution in [2.24, 2.45) is 5.92 Å². The first-order chi connectivity index (χ1) is 7.05. The van der Waals surface area contributed by atoms with Gasteiger partial charge >= 0.3 is 0 Å². The highest BCUT2D eigenvalue weighted by molar-refractivity contribution is 8.13. The summed E-state index contributed by atoms with van der Waals surface area (Å²) in [5.74, 6) is 1.08. The van der Waals surface area contributed by atoms with Gasteiger partial charge in [-0.25, -0.2) is 13.4 Å². The smallest absolute Gasteiger partial charge is 0.262 e. The van der Waals surface area contributed by atoms with Crippen molar-refractivity contribution in [1.29, 1.82) is 0 Å². The van der Waals surface area contributed by atoms with E-state index in [2.05, 4.69) is 4.98 Å². The predicted octanol–water partition coefficient (Wildman–Crippen LogP) is 1.80. The van der Waals surface area contributed by atoms with Gasteiger partial charge in [-0.15, -0.1) is 0 Å². The van der Waals surface area contributed by atoms with Crippen LogP contribution >= 0.6 is 10.7 Å². The van der Waals surface area contributed by atoms with E-state index in [0.29, 0.717) is 18.4 Å². The summed E-state index contributed by atoms with van der Waals surface area (Å²) in [6.07, 6.45) is 3.60. The second kappa shape index (κ2) is 3.98. The summed E-state index contributed by atoms with van der Waals surface area (Å²) < 4.78 is 27.2. The largest absolute Gasteiger partial charge is 0.477 e. The Morgan fingerprint density at radius 1 is 1.47 bits per heavy atom. The van der Waals surface area contributed by atoms with E-state index in [9.17, 15) is 8.42 Å². The number of hydrogen-bond acceptors (Lipinski definition) is 4. The van der Waals surface area contributed by atoms with Gasteiger partial charge in [-0.05, 0) is 24.8 Å². The minimum absolute atomic E-state index is 0.0112. The van der Waals surface area contributed by atoms with E-state index >= 15 is 0 Å². The molecule has 0 amide bonds. The lowest BCUT2D eigenvalue weighted by Crippen LogP contribution is -2.01. The van der Waals surface area contributed by atoms with Gasteiger partial charge in [0.25, 0.3) is 9.05 Å². The molecule has 0 saturated heterocycles. The van der Waals surface area contributed by atoms with Crippen LogP contribution in [-0.2, 0) is 9.05 Å². The minimum atomic E-state index is -3.68. The number of hydrogen-bond donors (Lipinski definition) is 0. The highest BCUT2D eigenvalue weighted by Gasteiger charge is 2.22. The highest BCUT2D eigenvalue weighted by atomic mass is 35.7. The van der Waals surface area contributed by atoms with Crippen molar-refractivity contribution >= 4 is 19.7 Å². The van der Waals surface area contributed by atoms with E-state index in [0.717, 1.165) is 0 Å². The third-order valence-corrected chi connectivity index (χ3v) is 3.49. The Kier molecular flexibility index (Phi) is 2.84. The lowest BCUT2D eigenvalue weighted by molar-refractivity contribution is 0.288. The van der Waals surface area contributed by atoms with Crippen LogP contribution in [-0.4, -0.2) is 20.0 Å². The lowest BCUT2D eigenvalue weighted by atomic mass is 10.4. The molecule has 0 N–H and O–H groups in total. The van der Waals surface area contributed by atoms with Gasteiger partial charge in [0, 0.05) is 16.7 Å². The average Bonchev–Trinajstić information content (AvgIpc) is 2.97. The van der Waals surface area contributed by atoms with Crippen LogP contribution < -0.4 is 4.74 Å². The van der Waals surface area contributed by atoms with Gasteiger partial charge in [0.05, 0.1) is 12.8 Å². The molecule has 6 heteroatoms. The second-order valence-electron chi connectivity index (χ2n) is 3.52. The number of pyridine rings is 1. The molecule has 0 radical (unpaired) electrons. The van der Waals surface area contributed by atoms with Crippen molar-refractivity contribution < 1.29 is 13.2 Å². The fourth-order valence-electron chi connectivity index (χ4n) is 1.08. The Labute approximate surface area is 92.7 Å². The number of nitrogens with zero attached hydrogens (tertiary/aromatic N) is 1. The number of halogens is 1. The Balaban J connectivity index is 2.02. The van der Waals surface area contributed by atoms with Gasteiger partial charge in [-0.2, -0.15) is 0 Å². The molecule has 1 saturated carbocycles. The normalized spacial score (nSPS) is 16.3. The summed E-state index contributed by atoms with van der Waals surface area (Å²) in [4.78, 5) is 3.85. The zero-order valence-corrected chi connectivity index (χ0v) is 9.46. The molecule has 1 fully saturated rings. The Morgan fingerprint density at radius 2 is 2.20 bits per heavy atom. The first kappa shape index (κ1) is 10.7. The molecule has 82 valence electrons. The summed E-state index contributed by atoms with van der Waals surface area (Å²) >= 11 is 0. The van der Waals surface area contributed by atoms with Crippen LogP contribution in [0.25, 0.3) is 0 Å². The van der Waals surface area contributed by atoms with Crippen molar-refractivity contribution in [2.75, 3.05) is 6.61 Å². The number of rotatable bonds is 4. The maximum atomic E-state index is 10.9. The van der Waals surface area contributed by atoms with Crippen LogP contribution in [0.15, 0.2) is 23.2 Å². The van der Waals surface area contributed by atoms with Crippen LogP contribution in [0.1, 0.15) is 12.8 Å². The number of aromatic nitrogens is 1. The lowest BCUT2D eigenvalue weighted by Gasteiger charge is -2.03. The SMILES string of the molecule is O=S(=O)(Cl)c1ccc(OCC2CC2)nc1. The van der Waals surface area contributed by atoms with Crippen molar-refractivity contribution in [3.63, 3.8) is 0 Å². The fraction of sp³-hybridized carbons (Fsp3) is 0.444. The van der Waals surface area contributed by atoms with Crippen LogP contribution in [0.2, 0.25) is 0 Å². The molecule has 1 aromatic heterocycles. The van der Waals surface area contributed by atoms with E-state index < -0.39 is 9.05 Å². The molecule has 1 heterocycles. The molecule has 0 unspecified atom stereocenters. The van der Waals surface area contributed by atoms with E-state index in [1.807, 2.05) is 0 Å². The zero-order chi connectivity index (χ0) is 10.9. The van der Waals surface area contributed by atoms with E-state index in [4.69, 9.17) is 15.4 Å². The first-order valence-electron chi connectivity index (χ1n) is 4.59. The van der Waals surface area contributed by atoms with E-state index in [1.165, 1.54) is 31.2 Å². The monoisotopic (exact) mass is 247 g/mol. The van der Waals surface area contributed by atoms with Gasteiger partial charge in [0.2, 0.25) is 5.88 Å². The summed E-state index contributed by atoms with van der Waals surface area (Å²) in [7, 11) is 1.46. The minimum Gasteiger partial charge on any atom is -0.477 e. The van der Waals surface area contributed by atoms with E-state index in [-0.39, 0.29) is 4.90 Å². The fourth-order valence-corrected chi connectivity index (χ4v) is 1.77. The molecule has 1 aliphatic carbocycles. The maximum Gasteiger partial charge on any atom is 0.262 e. The molecule has 0 bridgehead atoms. The number of ether oxygens (including phenoxy) is 1. The Hall–Kier alpha value is -0.810. The quantitative estimate of drug-likeness (QED) is 0.762. The van der Waals surface area contributed by atoms with Crippen LogP contribution in [0, 0.1) is 5.92 Å². The Morgan fingerprint density at radius 3 is 2.67 bits per heavy atom. The summed E-state index contributed by atoms with van der Waals surface area (Å²) in [5.41, 5.74) is 0. The first-order valence-corrected chi connectivity index (χ1v) is 6.90. The maximum absolute atomic E-state index is 10.9. The molecule has 0 aromatic carbocycles. The van der Waals surface area contributed by atoms with Gasteiger partial charge < -0.3 is 4.74 Å². The molecule has 1 aliphatic rings. The summed E-state index contributed by atoms with van der Waals surface area (Å²) in [6, 6.07) is 2.90. The molecular weight excluding hydrogens is 238 g/mol. The molecular formula is C9H10ClNO3S. The van der Waals surface area contributed by atoms with Crippen LogP contribution in [0.5, 0.6) is 5.88 Å². The highest BCUT2D eigenvalue weighted by Crippen LogP contribution is 2.29. The third-order valence-electron chi connectivity index (χ3n) is 2.15. The van der Waals surface area contributed by atoms with Gasteiger partial charge in [-0.1, -0.05) is 0 Å². The summed E-state index contributed by atoms with van der Waals surface area (Å²) in [6.45, 7) is 0.653. The second-order valence-corrected chi connectivity index (χ2v) is 6.09. The van der Waals surface area contributed by atoms with Crippen molar-refractivity contribution in [1.82, 2.24) is 4.98 Å². The zero-order valence-electron chi connectivity index (χ0n) is 7.89. The van der Waals surface area contributed by atoms with Crippen LogP contribution in [0.3, 0.4) is 0 Å². The molecule has 0 spiro atoms. The van der Waals surface area contributed by atoms with E-state index in [1.54, 1.807) is 0 Å². The Bertz CT molecular complexity index is 439. The third kappa shape index (κ3) is 3.07. The van der Waals surface area contributed by atoms with Gasteiger partial charge in [-0.3, -0.25) is 0 Å². The molecule has 0 atom stereocenters.